The van der Waals surface area contributed by atoms with Crippen molar-refractivity contribution in [2.75, 3.05) is 66.7 Å². The fraction of sp³-hybridized carbons (Fsp3) is 0.943. The van der Waals surface area contributed by atoms with Crippen molar-refractivity contribution in [2.45, 2.75) is 246 Å². The van der Waals surface area contributed by atoms with Crippen molar-refractivity contribution in [3.05, 3.63) is 0 Å². The van der Waals surface area contributed by atoms with Gasteiger partial charge in [-0.25, -0.2) is 9.59 Å². The summed E-state index contributed by atoms with van der Waals surface area (Å²) in [6.07, 6.45) is 27.2. The summed E-state index contributed by atoms with van der Waals surface area (Å²) in [6.45, 7) is 17.3. The van der Waals surface area contributed by atoms with Crippen LogP contribution in [0.1, 0.15) is 221 Å². The quantitative estimate of drug-likeness (QED) is 0.0250. The average molecular weight is 927 g/mol. The normalized spacial score (nSPS) is 15.8. The molecule has 0 spiro atoms. The summed E-state index contributed by atoms with van der Waals surface area (Å²) >= 11 is 0. The molecule has 0 saturated carbocycles. The average Bonchev–Trinajstić information content (AvgIpc) is 4.04. The van der Waals surface area contributed by atoms with Crippen molar-refractivity contribution < 1.29 is 47.5 Å². The van der Waals surface area contributed by atoms with E-state index < -0.39 is 12.3 Å². The smallest absolute Gasteiger partial charge is 0.465 e. The van der Waals surface area contributed by atoms with E-state index in [9.17, 15) is 14.4 Å². The van der Waals surface area contributed by atoms with E-state index in [0.717, 1.165) is 83.8 Å². The predicted octanol–water partition coefficient (Wildman–Crippen LogP) is 13.5. The zero-order chi connectivity index (χ0) is 47.8. The Bertz CT molecular complexity index is 1110. The van der Waals surface area contributed by atoms with Crippen molar-refractivity contribution in [3.63, 3.8) is 0 Å². The van der Waals surface area contributed by atoms with E-state index in [1.807, 2.05) is 14.1 Å². The van der Waals surface area contributed by atoms with Gasteiger partial charge < -0.3 is 38.1 Å². The van der Waals surface area contributed by atoms with Gasteiger partial charge in [-0.15, -0.1) is 0 Å². The molecule has 12 heteroatoms. The highest BCUT2D eigenvalue weighted by atomic mass is 16.8. The lowest BCUT2D eigenvalue weighted by Gasteiger charge is -2.24. The number of carbonyl (C=O) groups excluding carboxylic acids is 3. The van der Waals surface area contributed by atoms with Gasteiger partial charge >= 0.3 is 18.3 Å². The molecular formula is C53H102N2O10. The number of esters is 1. The lowest BCUT2D eigenvalue weighted by molar-refractivity contribution is -0.145. The molecule has 384 valence electrons. The van der Waals surface area contributed by atoms with Crippen molar-refractivity contribution in [3.8, 4) is 0 Å². The first kappa shape index (κ1) is 60.9. The minimum atomic E-state index is -0.693. The summed E-state index contributed by atoms with van der Waals surface area (Å²) in [7, 11) is 4.02. The van der Waals surface area contributed by atoms with E-state index >= 15 is 0 Å². The van der Waals surface area contributed by atoms with Gasteiger partial charge in [-0.3, -0.25) is 9.69 Å². The summed E-state index contributed by atoms with van der Waals surface area (Å²) in [5.74, 6) is 0.882. The van der Waals surface area contributed by atoms with Crippen LogP contribution in [-0.2, 0) is 38.0 Å². The van der Waals surface area contributed by atoms with Crippen LogP contribution in [0.15, 0.2) is 0 Å². The highest BCUT2D eigenvalue weighted by molar-refractivity contribution is 5.69. The zero-order valence-corrected chi connectivity index (χ0v) is 43.4. The number of ether oxygens (including phenoxy) is 7. The third-order valence-electron chi connectivity index (χ3n) is 12.7. The van der Waals surface area contributed by atoms with Gasteiger partial charge in [-0.1, -0.05) is 144 Å². The SMILES string of the molecule is CCCCCC(CCCCC)COC(=O)CCCC(CCCC)OC(=O)OCCN(CCOC(=O)OC(CCCC)CCCC1OC1OCC(CCCCC)CCCCC)CCN(C)C. The molecular weight excluding hydrogens is 825 g/mol. The lowest BCUT2D eigenvalue weighted by Crippen LogP contribution is -2.37. The van der Waals surface area contributed by atoms with E-state index in [1.54, 1.807) is 0 Å². The number of rotatable bonds is 46. The number of carbonyl (C=O) groups is 3. The van der Waals surface area contributed by atoms with Gasteiger partial charge in [0, 0.05) is 32.6 Å². The Morgan fingerprint density at radius 2 is 0.938 bits per heavy atom. The largest absolute Gasteiger partial charge is 0.508 e. The molecule has 1 rings (SSSR count). The monoisotopic (exact) mass is 927 g/mol. The van der Waals surface area contributed by atoms with Gasteiger partial charge in [0.05, 0.1) is 13.2 Å². The van der Waals surface area contributed by atoms with Crippen LogP contribution in [0, 0.1) is 11.8 Å². The maximum Gasteiger partial charge on any atom is 0.508 e. The third kappa shape index (κ3) is 35.6. The second-order valence-corrected chi connectivity index (χ2v) is 19.2. The van der Waals surface area contributed by atoms with Gasteiger partial charge in [-0.05, 0) is 96.6 Å². The Morgan fingerprint density at radius 3 is 1.40 bits per heavy atom. The number of hydrogen-bond donors (Lipinski definition) is 0. The van der Waals surface area contributed by atoms with Crippen LogP contribution in [0.4, 0.5) is 9.59 Å². The topological polar surface area (TPSA) is 126 Å². The molecule has 4 atom stereocenters. The van der Waals surface area contributed by atoms with Gasteiger partial charge in [0.25, 0.3) is 0 Å². The standard InChI is InChI=1S/C53H102N2O10/c1-9-15-21-27-45(28-22-16-10-2)43-61-50(56)36-26-34-48(32-20-14-6)64-53(58)60-42-40-55(38-37-54(7)8)39-41-59-52(57)63-47(31-19-13-5)33-25-35-49-51(65-49)62-44-46(29-23-17-11-3)30-24-18-12-4/h45-49,51H,9-44H2,1-8H3. The first-order chi connectivity index (χ1) is 31.6. The molecule has 4 unspecified atom stereocenters. The van der Waals surface area contributed by atoms with Gasteiger partial charge in [0.1, 0.15) is 31.5 Å². The highest BCUT2D eigenvalue weighted by Crippen LogP contribution is 2.31. The highest BCUT2D eigenvalue weighted by Gasteiger charge is 2.40. The third-order valence-corrected chi connectivity index (χ3v) is 12.7. The van der Waals surface area contributed by atoms with E-state index in [0.29, 0.717) is 57.3 Å². The van der Waals surface area contributed by atoms with Gasteiger partial charge in [-0.2, -0.15) is 0 Å². The van der Waals surface area contributed by atoms with Gasteiger partial charge in [0.15, 0.2) is 6.29 Å². The van der Waals surface area contributed by atoms with E-state index in [2.05, 4.69) is 51.3 Å². The summed E-state index contributed by atoms with van der Waals surface area (Å²) in [5, 5.41) is 0. The van der Waals surface area contributed by atoms with Crippen molar-refractivity contribution in [1.82, 2.24) is 9.80 Å². The van der Waals surface area contributed by atoms with Crippen LogP contribution < -0.4 is 0 Å². The first-order valence-electron chi connectivity index (χ1n) is 27.0. The summed E-state index contributed by atoms with van der Waals surface area (Å²) < 4.78 is 40.5. The number of nitrogens with zero attached hydrogens (tertiary/aromatic N) is 2. The molecule has 0 aliphatic carbocycles. The molecule has 0 bridgehead atoms. The van der Waals surface area contributed by atoms with Gasteiger partial charge in [0.2, 0.25) is 0 Å². The second kappa shape index (κ2) is 42.0. The lowest BCUT2D eigenvalue weighted by atomic mass is 9.96. The van der Waals surface area contributed by atoms with Crippen molar-refractivity contribution in [2.24, 2.45) is 11.8 Å². The zero-order valence-electron chi connectivity index (χ0n) is 43.4. The molecule has 65 heavy (non-hydrogen) atoms. The van der Waals surface area contributed by atoms with Crippen molar-refractivity contribution in [1.29, 1.82) is 0 Å². The Balaban J connectivity index is 2.50. The molecule has 0 aromatic rings. The second-order valence-electron chi connectivity index (χ2n) is 19.2. The Hall–Kier alpha value is -2.15. The van der Waals surface area contributed by atoms with Crippen molar-refractivity contribution >= 4 is 18.3 Å². The molecule has 0 aromatic heterocycles. The maximum absolute atomic E-state index is 12.9. The maximum atomic E-state index is 12.9. The summed E-state index contributed by atoms with van der Waals surface area (Å²) in [5.41, 5.74) is 0. The molecule has 1 fully saturated rings. The van der Waals surface area contributed by atoms with Crippen LogP contribution >= 0.6 is 0 Å². The minimum absolute atomic E-state index is 0.0965. The molecule has 0 amide bonds. The Morgan fingerprint density at radius 1 is 0.492 bits per heavy atom. The predicted molar refractivity (Wildman–Crippen MR) is 263 cm³/mol. The minimum Gasteiger partial charge on any atom is -0.465 e. The van der Waals surface area contributed by atoms with E-state index in [4.69, 9.17) is 33.2 Å². The number of unbranched alkanes of at least 4 members (excludes halogenated alkanes) is 10. The van der Waals surface area contributed by atoms with Crippen LogP contribution in [0.2, 0.25) is 0 Å². The summed E-state index contributed by atoms with van der Waals surface area (Å²) in [6, 6.07) is 0. The Kier molecular flexibility index (Phi) is 39.3. The number of epoxide rings is 1. The Labute approximate surface area is 399 Å². The fourth-order valence-electron chi connectivity index (χ4n) is 8.29. The van der Waals surface area contributed by atoms with E-state index in [1.165, 1.54) is 89.9 Å². The van der Waals surface area contributed by atoms with Crippen LogP contribution in [0.3, 0.4) is 0 Å². The number of likely N-dealkylation sites (N-methyl/N-ethyl adjacent to an activating group) is 1. The number of hydrogen-bond acceptors (Lipinski definition) is 12. The molecule has 0 N–H and O–H groups in total. The van der Waals surface area contributed by atoms with Crippen LogP contribution in [0.25, 0.3) is 0 Å². The van der Waals surface area contributed by atoms with Crippen LogP contribution in [0.5, 0.6) is 0 Å². The van der Waals surface area contributed by atoms with E-state index in [-0.39, 0.29) is 43.8 Å². The fourth-order valence-corrected chi connectivity index (χ4v) is 8.29. The molecule has 0 aromatic carbocycles. The molecule has 1 saturated heterocycles. The molecule has 1 aliphatic heterocycles. The molecule has 1 aliphatic rings. The van der Waals surface area contributed by atoms with Crippen LogP contribution in [-0.4, -0.2) is 119 Å². The molecule has 0 radical (unpaired) electrons. The molecule has 12 nitrogen and oxygen atoms in total. The summed E-state index contributed by atoms with van der Waals surface area (Å²) in [4.78, 5) is 42.6. The first-order valence-corrected chi connectivity index (χ1v) is 27.0. The molecule has 1 heterocycles.